The molecule has 442 valence electrons. The predicted octanol–water partition coefficient (Wildman–Crippen LogP) is 2.52. The van der Waals surface area contributed by atoms with Gasteiger partial charge in [0.25, 0.3) is 5.91 Å². The Morgan fingerprint density at radius 3 is 1.82 bits per heavy atom. The second-order valence-corrected chi connectivity index (χ2v) is 24.2. The molecule has 2 aliphatic carbocycles. The molecule has 0 aromatic rings. The van der Waals surface area contributed by atoms with Crippen LogP contribution in [-0.4, -0.2) is 203 Å². The first kappa shape index (κ1) is 64.6. The monoisotopic (exact) mass is 1100 g/mol. The summed E-state index contributed by atoms with van der Waals surface area (Å²) in [5, 5.41) is 63.8. The van der Waals surface area contributed by atoms with Crippen LogP contribution >= 0.6 is 0 Å². The Labute approximate surface area is 452 Å². The maximum atomic E-state index is 13.8. The van der Waals surface area contributed by atoms with Crippen LogP contribution in [0.4, 0.5) is 24.0 Å². The SMILES string of the molecule is CCOC(=O)N(C)[C@@H]1[C@@H](O)[C@@H](O[C@@H]2[C@@H](O)[C@H](O[C@H]3OC(CNCCC(NC(=O)OC(C)(C)C)C4CC4)=CC[C@H]3NC(=O)OC(C)(C)C)[C@@H](NC(=O)OC(C)(C)C)C[C@H]2NC(=O)[C@@H](O)CNC(=O)OC(C)(C)C)OC[C@]1(C)O. The number of ether oxygens (including phenoxy) is 9. The molecule has 0 radical (unpaired) electrons. The average molecular weight is 1100 g/mol. The van der Waals surface area contributed by atoms with E-state index in [4.69, 9.17) is 42.6 Å². The molecule has 26 heteroatoms. The summed E-state index contributed by atoms with van der Waals surface area (Å²) in [6.07, 6.45) is -12.2. The van der Waals surface area contributed by atoms with E-state index in [1.807, 2.05) is 0 Å². The molecule has 4 rings (SSSR count). The molecule has 1 saturated heterocycles. The van der Waals surface area contributed by atoms with E-state index < -0.39 is 145 Å². The van der Waals surface area contributed by atoms with Gasteiger partial charge in [0.1, 0.15) is 64.3 Å². The smallest absolute Gasteiger partial charge is 0.409 e. The van der Waals surface area contributed by atoms with Crippen molar-refractivity contribution in [3.8, 4) is 0 Å². The summed E-state index contributed by atoms with van der Waals surface area (Å²) in [5.41, 5.74) is -5.37. The molecule has 0 bridgehead atoms. The van der Waals surface area contributed by atoms with Gasteiger partial charge in [-0.2, -0.15) is 0 Å². The second kappa shape index (κ2) is 26.8. The first-order valence-corrected chi connectivity index (χ1v) is 26.4. The quantitative estimate of drug-likeness (QED) is 0.0656. The molecular formula is C51H89N7O19. The summed E-state index contributed by atoms with van der Waals surface area (Å²) in [6.45, 7) is 22.5. The van der Waals surface area contributed by atoms with Gasteiger partial charge < -0.3 is 99.9 Å². The number of hydrogen-bond donors (Lipinski definition) is 10. The van der Waals surface area contributed by atoms with Gasteiger partial charge in [-0.1, -0.05) is 0 Å². The first-order chi connectivity index (χ1) is 35.5. The highest BCUT2D eigenvalue weighted by molar-refractivity contribution is 5.82. The molecule has 3 fully saturated rings. The molecule has 0 spiro atoms. The number of amides is 6. The van der Waals surface area contributed by atoms with Gasteiger partial charge in [0.05, 0.1) is 50.5 Å². The van der Waals surface area contributed by atoms with E-state index in [0.29, 0.717) is 24.6 Å². The Bertz CT molecular complexity index is 2030. The van der Waals surface area contributed by atoms with Crippen LogP contribution in [-0.2, 0) is 47.4 Å². The molecule has 0 aromatic carbocycles. The molecule has 10 N–H and O–H groups in total. The van der Waals surface area contributed by atoms with Gasteiger partial charge >= 0.3 is 30.5 Å². The van der Waals surface area contributed by atoms with E-state index in [0.717, 1.165) is 17.7 Å². The van der Waals surface area contributed by atoms with E-state index >= 15 is 0 Å². The number of rotatable bonds is 19. The highest BCUT2D eigenvalue weighted by atomic mass is 16.7. The number of nitrogens with one attached hydrogen (secondary N) is 6. The van der Waals surface area contributed by atoms with Crippen molar-refractivity contribution < 1.29 is 91.8 Å². The largest absolute Gasteiger partial charge is 0.466 e. The van der Waals surface area contributed by atoms with Gasteiger partial charge in [0.2, 0.25) is 6.29 Å². The molecular weight excluding hydrogens is 1010 g/mol. The standard InChI is InChI=1S/C51H89N7O19/c1-16-69-46(67)58(15)38-35(61)41(70-26-51(38,14)68)73-36-31(54-39(62)33(59)25-53-42(63)74-47(2,3)4)23-32(57-45(66)77-50(11,12)13)37(34(36)60)72-40-30(56-44(65)76-49(8,9)10)20-19-28(71-40)24-52-22-21-29(27-17-18-27)55-43(64)75-48(5,6)7/h19,27,29-38,40-41,52,59-61,68H,16-18,20-26H2,1-15H3,(H,53,63)(H,54,62)(H,55,64)(H,56,65)(H,57,66)/t29?,30-,31-,32+,33+,34-,35-,36+,37-,38-,40-,41-,51+/m1/s1. The zero-order valence-corrected chi connectivity index (χ0v) is 47.5. The fraction of sp³-hybridized carbons (Fsp3) is 0.843. The van der Waals surface area contributed by atoms with E-state index in [9.17, 15) is 49.2 Å². The van der Waals surface area contributed by atoms with Crippen molar-refractivity contribution in [1.29, 1.82) is 0 Å². The molecule has 2 aliphatic heterocycles. The Balaban J connectivity index is 1.71. The number of nitrogens with zero attached hydrogens (tertiary/aromatic N) is 1. The van der Waals surface area contributed by atoms with Crippen molar-refractivity contribution >= 4 is 36.4 Å². The number of aliphatic hydroxyl groups is 4. The Morgan fingerprint density at radius 2 is 1.27 bits per heavy atom. The van der Waals surface area contributed by atoms with Crippen molar-refractivity contribution in [2.24, 2.45) is 5.92 Å². The Morgan fingerprint density at radius 1 is 0.753 bits per heavy atom. The topological polar surface area (TPSA) is 342 Å². The molecule has 1 unspecified atom stereocenters. The fourth-order valence-electron chi connectivity index (χ4n) is 8.85. The summed E-state index contributed by atoms with van der Waals surface area (Å²) in [5.74, 6) is -0.395. The lowest BCUT2D eigenvalue weighted by Gasteiger charge is -2.50. The normalized spacial score (nSPS) is 28.7. The van der Waals surface area contributed by atoms with Gasteiger partial charge in [0, 0.05) is 13.1 Å². The minimum atomic E-state index is -1.93. The fourth-order valence-corrected chi connectivity index (χ4v) is 8.85. The lowest BCUT2D eigenvalue weighted by Crippen LogP contribution is -2.71. The number of aliphatic hydroxyl groups excluding tert-OH is 3. The van der Waals surface area contributed by atoms with E-state index in [1.54, 1.807) is 96.1 Å². The summed E-state index contributed by atoms with van der Waals surface area (Å²) in [6, 6.07) is -5.23. The lowest BCUT2D eigenvalue weighted by atomic mass is 9.82. The van der Waals surface area contributed by atoms with Crippen molar-refractivity contribution in [2.45, 2.75) is 230 Å². The third-order valence-corrected chi connectivity index (χ3v) is 12.2. The highest BCUT2D eigenvalue weighted by Gasteiger charge is 2.55. The number of likely N-dealkylation sites (N-methyl/N-ethyl adjacent to an activating group) is 1. The highest BCUT2D eigenvalue weighted by Crippen LogP contribution is 2.36. The van der Waals surface area contributed by atoms with Gasteiger partial charge in [-0.15, -0.1) is 0 Å². The summed E-state index contributed by atoms with van der Waals surface area (Å²) < 4.78 is 52.4. The molecule has 4 aliphatic rings. The van der Waals surface area contributed by atoms with Crippen LogP contribution < -0.4 is 31.9 Å². The predicted molar refractivity (Wildman–Crippen MR) is 275 cm³/mol. The Kier molecular flexibility index (Phi) is 22.5. The van der Waals surface area contributed by atoms with Crippen LogP contribution in [0.5, 0.6) is 0 Å². The third kappa shape index (κ3) is 21.3. The molecule has 2 heterocycles. The van der Waals surface area contributed by atoms with Crippen molar-refractivity contribution in [3.05, 3.63) is 11.8 Å². The van der Waals surface area contributed by atoms with Crippen molar-refractivity contribution in [3.63, 3.8) is 0 Å². The third-order valence-electron chi connectivity index (χ3n) is 12.2. The van der Waals surface area contributed by atoms with Crippen molar-refractivity contribution in [2.75, 3.05) is 39.9 Å². The number of hydrogen-bond acceptors (Lipinski definition) is 20. The van der Waals surface area contributed by atoms with Crippen LogP contribution in [0.3, 0.4) is 0 Å². The molecule has 13 atom stereocenters. The van der Waals surface area contributed by atoms with Gasteiger partial charge in [0.15, 0.2) is 6.29 Å². The van der Waals surface area contributed by atoms with Crippen LogP contribution in [0.1, 0.15) is 129 Å². The van der Waals surface area contributed by atoms with Gasteiger partial charge in [-0.3, -0.25) is 4.79 Å². The lowest BCUT2D eigenvalue weighted by molar-refractivity contribution is -0.311. The number of carbonyl (C=O) groups is 6. The van der Waals surface area contributed by atoms with Gasteiger partial charge in [-0.05, 0) is 148 Å². The van der Waals surface area contributed by atoms with E-state index in [2.05, 4.69) is 31.9 Å². The molecule has 2 saturated carbocycles. The summed E-state index contributed by atoms with van der Waals surface area (Å²) >= 11 is 0. The van der Waals surface area contributed by atoms with E-state index in [1.165, 1.54) is 14.0 Å². The summed E-state index contributed by atoms with van der Waals surface area (Å²) in [4.78, 5) is 79.9. The van der Waals surface area contributed by atoms with Crippen LogP contribution in [0.2, 0.25) is 0 Å². The Hall–Kier alpha value is -4.96. The van der Waals surface area contributed by atoms with Crippen LogP contribution in [0.15, 0.2) is 11.8 Å². The zero-order valence-electron chi connectivity index (χ0n) is 47.5. The first-order valence-electron chi connectivity index (χ1n) is 26.4. The molecule has 26 nitrogen and oxygen atoms in total. The average Bonchev–Trinajstić information content (AvgIpc) is 4.11. The minimum absolute atomic E-state index is 0.0260. The van der Waals surface area contributed by atoms with Crippen LogP contribution in [0.25, 0.3) is 0 Å². The van der Waals surface area contributed by atoms with Crippen molar-refractivity contribution in [1.82, 2.24) is 36.8 Å². The zero-order chi connectivity index (χ0) is 58.0. The molecule has 0 aromatic heterocycles. The maximum Gasteiger partial charge on any atom is 0.409 e. The second-order valence-electron chi connectivity index (χ2n) is 24.2. The van der Waals surface area contributed by atoms with Crippen LogP contribution in [0, 0.1) is 5.92 Å². The van der Waals surface area contributed by atoms with E-state index in [-0.39, 0.29) is 32.0 Å². The molecule has 6 amide bonds. The maximum absolute atomic E-state index is 13.8. The molecule has 77 heavy (non-hydrogen) atoms. The summed E-state index contributed by atoms with van der Waals surface area (Å²) in [7, 11) is 1.30. The van der Waals surface area contributed by atoms with Gasteiger partial charge in [-0.25, -0.2) is 24.0 Å². The minimum Gasteiger partial charge on any atom is -0.466 e. The number of carbonyl (C=O) groups excluding carboxylic acids is 6. The number of alkyl carbamates (subject to hydrolysis) is 4.